The van der Waals surface area contributed by atoms with Crippen LogP contribution in [-0.4, -0.2) is 9.97 Å². The summed E-state index contributed by atoms with van der Waals surface area (Å²) in [6.07, 6.45) is 0. The van der Waals surface area contributed by atoms with Gasteiger partial charge in [0.15, 0.2) is 0 Å². The topological polar surface area (TPSA) is 45.8 Å². The van der Waals surface area contributed by atoms with E-state index in [1.165, 1.54) is 6.07 Å². The standard InChI is InChI=1S/C16H10N2O/c19-14-8-7-10-5-6-12-9-11-3-1-2-4-13(11)17-16(12)15(10)18-14/h1-9H,(H,18,19). The van der Waals surface area contributed by atoms with Gasteiger partial charge in [0.25, 0.3) is 0 Å². The normalized spacial score (nSPS) is 11.4. The molecule has 90 valence electrons. The Morgan fingerprint density at radius 3 is 2.58 bits per heavy atom. The number of hydrogen-bond donors (Lipinski definition) is 1. The molecule has 0 saturated carbocycles. The molecule has 19 heavy (non-hydrogen) atoms. The van der Waals surface area contributed by atoms with Gasteiger partial charge in [0.05, 0.1) is 16.6 Å². The molecule has 0 saturated heterocycles. The highest BCUT2D eigenvalue weighted by Crippen LogP contribution is 2.24. The van der Waals surface area contributed by atoms with E-state index in [1.807, 2.05) is 42.5 Å². The van der Waals surface area contributed by atoms with Gasteiger partial charge in [0, 0.05) is 22.2 Å². The molecule has 0 amide bonds. The van der Waals surface area contributed by atoms with Gasteiger partial charge in [-0.2, -0.15) is 0 Å². The van der Waals surface area contributed by atoms with Crippen molar-refractivity contribution in [3.8, 4) is 0 Å². The summed E-state index contributed by atoms with van der Waals surface area (Å²) in [6.45, 7) is 0. The molecule has 1 N–H and O–H groups in total. The summed E-state index contributed by atoms with van der Waals surface area (Å²) in [5, 5.41) is 3.13. The molecule has 0 unspecified atom stereocenters. The molecule has 4 rings (SSSR count). The van der Waals surface area contributed by atoms with Crippen LogP contribution in [0.5, 0.6) is 0 Å². The van der Waals surface area contributed by atoms with Gasteiger partial charge in [-0.1, -0.05) is 30.3 Å². The number of aromatic amines is 1. The maximum atomic E-state index is 11.5. The highest BCUT2D eigenvalue weighted by molar-refractivity contribution is 6.06. The van der Waals surface area contributed by atoms with Gasteiger partial charge in [-0.25, -0.2) is 4.98 Å². The fourth-order valence-corrected chi connectivity index (χ4v) is 2.46. The molecule has 2 aromatic carbocycles. The summed E-state index contributed by atoms with van der Waals surface area (Å²) in [5.74, 6) is 0. The van der Waals surface area contributed by atoms with E-state index in [-0.39, 0.29) is 5.56 Å². The van der Waals surface area contributed by atoms with E-state index in [0.717, 1.165) is 32.7 Å². The number of benzene rings is 2. The molecule has 2 heterocycles. The third-order valence-corrected chi connectivity index (χ3v) is 3.38. The molecule has 0 spiro atoms. The SMILES string of the molecule is O=c1ccc2ccc3cc4ccccc4nc3c2[nH]1. The number of fused-ring (bicyclic) bond motifs is 4. The number of H-pyrrole nitrogens is 1. The summed E-state index contributed by atoms with van der Waals surface area (Å²) in [4.78, 5) is 19.1. The zero-order valence-corrected chi connectivity index (χ0v) is 10.1. The second-order valence-corrected chi connectivity index (χ2v) is 4.61. The van der Waals surface area contributed by atoms with Crippen molar-refractivity contribution in [2.24, 2.45) is 0 Å². The monoisotopic (exact) mass is 246 g/mol. The third-order valence-electron chi connectivity index (χ3n) is 3.38. The molecule has 0 radical (unpaired) electrons. The maximum Gasteiger partial charge on any atom is 0.248 e. The Labute approximate surface area is 108 Å². The average Bonchev–Trinajstić information content (AvgIpc) is 2.45. The smallest absolute Gasteiger partial charge is 0.248 e. The van der Waals surface area contributed by atoms with Crippen LogP contribution in [-0.2, 0) is 0 Å². The number of aromatic nitrogens is 2. The zero-order valence-electron chi connectivity index (χ0n) is 10.1. The molecule has 3 heteroatoms. The molecule has 0 aliphatic rings. The predicted octanol–water partition coefficient (Wildman–Crippen LogP) is 3.23. The molecule has 4 aromatic rings. The summed E-state index contributed by atoms with van der Waals surface area (Å²) in [5.41, 5.74) is 2.48. The van der Waals surface area contributed by atoms with Crippen molar-refractivity contribution in [1.82, 2.24) is 9.97 Å². The minimum absolute atomic E-state index is 0.102. The Hall–Kier alpha value is -2.68. The van der Waals surface area contributed by atoms with Crippen molar-refractivity contribution >= 4 is 32.7 Å². The van der Waals surface area contributed by atoms with Crippen LogP contribution in [0.15, 0.2) is 59.4 Å². The zero-order chi connectivity index (χ0) is 12.8. The van der Waals surface area contributed by atoms with Crippen LogP contribution in [0.4, 0.5) is 0 Å². The fourth-order valence-electron chi connectivity index (χ4n) is 2.46. The van der Waals surface area contributed by atoms with E-state index >= 15 is 0 Å². The van der Waals surface area contributed by atoms with E-state index in [1.54, 1.807) is 0 Å². The Bertz CT molecular complexity index is 986. The van der Waals surface area contributed by atoms with Crippen molar-refractivity contribution in [3.05, 3.63) is 65.0 Å². The first-order chi connectivity index (χ1) is 9.31. The third kappa shape index (κ3) is 1.52. The van der Waals surface area contributed by atoms with Gasteiger partial charge in [0.1, 0.15) is 0 Å². The number of nitrogens with one attached hydrogen (secondary N) is 1. The van der Waals surface area contributed by atoms with Crippen LogP contribution in [0.25, 0.3) is 32.7 Å². The minimum atomic E-state index is -0.102. The molecule has 0 aliphatic heterocycles. The lowest BCUT2D eigenvalue weighted by atomic mass is 10.1. The lowest BCUT2D eigenvalue weighted by Gasteiger charge is -2.04. The van der Waals surface area contributed by atoms with E-state index in [2.05, 4.69) is 16.0 Å². The first-order valence-electron chi connectivity index (χ1n) is 6.13. The van der Waals surface area contributed by atoms with Crippen molar-refractivity contribution in [3.63, 3.8) is 0 Å². The highest BCUT2D eigenvalue weighted by Gasteiger charge is 2.04. The van der Waals surface area contributed by atoms with Gasteiger partial charge < -0.3 is 4.98 Å². The summed E-state index contributed by atoms with van der Waals surface area (Å²) in [6, 6.07) is 17.5. The van der Waals surface area contributed by atoms with Crippen molar-refractivity contribution in [1.29, 1.82) is 0 Å². The Morgan fingerprint density at radius 1 is 0.842 bits per heavy atom. The van der Waals surface area contributed by atoms with Crippen molar-refractivity contribution in [2.75, 3.05) is 0 Å². The number of rotatable bonds is 0. The molecule has 3 nitrogen and oxygen atoms in total. The number of hydrogen-bond acceptors (Lipinski definition) is 2. The summed E-state index contributed by atoms with van der Waals surface area (Å²) < 4.78 is 0. The Balaban J connectivity index is 2.28. The van der Waals surface area contributed by atoms with E-state index in [0.29, 0.717) is 0 Å². The van der Waals surface area contributed by atoms with Gasteiger partial charge in [-0.3, -0.25) is 4.79 Å². The molecule has 0 fully saturated rings. The molecule has 0 bridgehead atoms. The van der Waals surface area contributed by atoms with Crippen LogP contribution < -0.4 is 5.56 Å². The number of para-hydroxylation sites is 1. The highest BCUT2D eigenvalue weighted by atomic mass is 16.1. The number of nitrogens with zero attached hydrogens (tertiary/aromatic N) is 1. The largest absolute Gasteiger partial charge is 0.320 e. The first kappa shape index (κ1) is 10.3. The van der Waals surface area contributed by atoms with Crippen molar-refractivity contribution < 1.29 is 0 Å². The van der Waals surface area contributed by atoms with Gasteiger partial charge in [0.2, 0.25) is 5.56 Å². The van der Waals surface area contributed by atoms with E-state index < -0.39 is 0 Å². The average molecular weight is 246 g/mol. The molecule has 0 aliphatic carbocycles. The molecule has 0 atom stereocenters. The Kier molecular flexibility index (Phi) is 1.97. The Morgan fingerprint density at radius 2 is 1.63 bits per heavy atom. The van der Waals surface area contributed by atoms with Crippen LogP contribution in [0.3, 0.4) is 0 Å². The predicted molar refractivity (Wildman–Crippen MR) is 77.4 cm³/mol. The quantitative estimate of drug-likeness (QED) is 0.382. The first-order valence-corrected chi connectivity index (χ1v) is 6.13. The summed E-state index contributed by atoms with van der Waals surface area (Å²) in [7, 11) is 0. The fraction of sp³-hybridized carbons (Fsp3) is 0. The maximum absolute atomic E-state index is 11.5. The van der Waals surface area contributed by atoms with E-state index in [4.69, 9.17) is 0 Å². The van der Waals surface area contributed by atoms with Gasteiger partial charge in [-0.15, -0.1) is 0 Å². The van der Waals surface area contributed by atoms with Gasteiger partial charge >= 0.3 is 0 Å². The second-order valence-electron chi connectivity index (χ2n) is 4.61. The molecular formula is C16H10N2O. The van der Waals surface area contributed by atoms with Crippen LogP contribution >= 0.6 is 0 Å². The van der Waals surface area contributed by atoms with Crippen LogP contribution in [0.1, 0.15) is 0 Å². The number of pyridine rings is 2. The van der Waals surface area contributed by atoms with Gasteiger partial charge in [-0.05, 0) is 18.2 Å². The summed E-state index contributed by atoms with van der Waals surface area (Å²) >= 11 is 0. The van der Waals surface area contributed by atoms with Crippen molar-refractivity contribution in [2.45, 2.75) is 0 Å². The molecular weight excluding hydrogens is 236 g/mol. The molecule has 2 aromatic heterocycles. The lowest BCUT2D eigenvalue weighted by molar-refractivity contribution is 1.31. The lowest BCUT2D eigenvalue weighted by Crippen LogP contribution is -2.03. The van der Waals surface area contributed by atoms with Crippen LogP contribution in [0.2, 0.25) is 0 Å². The second kappa shape index (κ2) is 3.65. The van der Waals surface area contributed by atoms with Crippen LogP contribution in [0, 0.1) is 0 Å². The van der Waals surface area contributed by atoms with E-state index in [9.17, 15) is 4.79 Å². The minimum Gasteiger partial charge on any atom is -0.320 e.